The Morgan fingerprint density at radius 1 is 1.55 bits per heavy atom. The largest absolute Gasteiger partial charge is 0.395 e. The summed E-state index contributed by atoms with van der Waals surface area (Å²) in [5, 5.41) is 12.3. The lowest BCUT2D eigenvalue weighted by Gasteiger charge is -2.18. The van der Waals surface area contributed by atoms with Gasteiger partial charge in [-0.1, -0.05) is 0 Å². The highest BCUT2D eigenvalue weighted by atomic mass is 16.3. The average Bonchev–Trinajstić information content (AvgIpc) is 2.70. The van der Waals surface area contributed by atoms with E-state index in [9.17, 15) is 0 Å². The first kappa shape index (κ1) is 7.56. The lowest BCUT2D eigenvalue weighted by Crippen LogP contribution is -2.38. The summed E-state index contributed by atoms with van der Waals surface area (Å²) >= 11 is 0. The van der Waals surface area contributed by atoms with E-state index in [0.717, 1.165) is 17.9 Å². The third kappa shape index (κ3) is 1.42. The molecule has 2 N–H and O–H groups in total. The maximum absolute atomic E-state index is 8.83. The van der Waals surface area contributed by atoms with Crippen LogP contribution in [-0.2, 0) is 0 Å². The highest BCUT2D eigenvalue weighted by Crippen LogP contribution is 2.51. The van der Waals surface area contributed by atoms with Gasteiger partial charge in [-0.25, -0.2) is 0 Å². The summed E-state index contributed by atoms with van der Waals surface area (Å²) in [6.45, 7) is 2.32. The lowest BCUT2D eigenvalue weighted by molar-refractivity contribution is 0.237. The normalized spacial score (nSPS) is 43.6. The molecule has 2 rings (SSSR count). The summed E-state index contributed by atoms with van der Waals surface area (Å²) < 4.78 is 0. The predicted octanol–water partition coefficient (Wildman–Crippen LogP) is 0.755. The first-order chi connectivity index (χ1) is 5.31. The summed E-state index contributed by atoms with van der Waals surface area (Å²) in [5.41, 5.74) is 0. The van der Waals surface area contributed by atoms with Crippen LogP contribution in [0.2, 0.25) is 0 Å². The van der Waals surface area contributed by atoms with Gasteiger partial charge in [-0.15, -0.1) is 0 Å². The predicted molar refractivity (Wildman–Crippen MR) is 44.3 cm³/mol. The molecular weight excluding hydrogens is 138 g/mol. The van der Waals surface area contributed by atoms with Crippen molar-refractivity contribution in [1.29, 1.82) is 0 Å². The second-order valence-electron chi connectivity index (χ2n) is 4.09. The first-order valence-electron chi connectivity index (χ1n) is 4.68. The fourth-order valence-electron chi connectivity index (χ4n) is 2.33. The van der Waals surface area contributed by atoms with Crippen LogP contribution in [0.3, 0.4) is 0 Å². The van der Waals surface area contributed by atoms with E-state index >= 15 is 0 Å². The minimum absolute atomic E-state index is 0.272. The van der Waals surface area contributed by atoms with Crippen molar-refractivity contribution in [2.24, 2.45) is 11.8 Å². The Kier molecular flexibility index (Phi) is 1.90. The molecule has 2 fully saturated rings. The third-order valence-electron chi connectivity index (χ3n) is 3.12. The topological polar surface area (TPSA) is 32.3 Å². The van der Waals surface area contributed by atoms with Gasteiger partial charge in [0.15, 0.2) is 0 Å². The first-order valence-corrected chi connectivity index (χ1v) is 4.68. The van der Waals surface area contributed by atoms with Gasteiger partial charge in [0.05, 0.1) is 6.61 Å². The molecule has 2 aliphatic carbocycles. The second kappa shape index (κ2) is 2.76. The van der Waals surface area contributed by atoms with Gasteiger partial charge in [-0.3, -0.25) is 0 Å². The average molecular weight is 155 g/mol. The van der Waals surface area contributed by atoms with Crippen molar-refractivity contribution in [2.45, 2.75) is 38.3 Å². The van der Waals surface area contributed by atoms with Gasteiger partial charge in [0, 0.05) is 12.1 Å². The van der Waals surface area contributed by atoms with Gasteiger partial charge in [0.1, 0.15) is 0 Å². The van der Waals surface area contributed by atoms with E-state index < -0.39 is 0 Å². The Balaban J connectivity index is 1.77. The van der Waals surface area contributed by atoms with E-state index in [4.69, 9.17) is 5.11 Å². The second-order valence-corrected chi connectivity index (χ2v) is 4.09. The summed E-state index contributed by atoms with van der Waals surface area (Å²) in [4.78, 5) is 0. The Hall–Kier alpha value is -0.0800. The van der Waals surface area contributed by atoms with Crippen LogP contribution in [0.5, 0.6) is 0 Å². The molecule has 0 amide bonds. The maximum Gasteiger partial charge on any atom is 0.0582 e. The molecule has 2 aliphatic rings. The Labute approximate surface area is 68.0 Å². The van der Waals surface area contributed by atoms with Gasteiger partial charge in [0.25, 0.3) is 0 Å². The van der Waals surface area contributed by atoms with Gasteiger partial charge < -0.3 is 10.4 Å². The van der Waals surface area contributed by atoms with Crippen molar-refractivity contribution >= 4 is 0 Å². The fourth-order valence-corrected chi connectivity index (χ4v) is 2.33. The molecule has 2 unspecified atom stereocenters. The van der Waals surface area contributed by atoms with Crippen molar-refractivity contribution < 1.29 is 5.11 Å². The number of hydrogen-bond acceptors (Lipinski definition) is 2. The summed E-state index contributed by atoms with van der Waals surface area (Å²) in [5.74, 6) is 2.00. The van der Waals surface area contributed by atoms with Crippen molar-refractivity contribution in [2.75, 3.05) is 6.61 Å². The molecule has 2 nitrogen and oxygen atoms in total. The number of aliphatic hydroxyl groups excluding tert-OH is 1. The van der Waals surface area contributed by atoms with Crippen molar-refractivity contribution in [1.82, 2.24) is 5.32 Å². The smallest absolute Gasteiger partial charge is 0.0582 e. The zero-order valence-corrected chi connectivity index (χ0v) is 7.09. The molecule has 11 heavy (non-hydrogen) atoms. The van der Waals surface area contributed by atoms with Crippen LogP contribution in [0.15, 0.2) is 0 Å². The van der Waals surface area contributed by atoms with Crippen LogP contribution >= 0.6 is 0 Å². The number of hydrogen-bond donors (Lipinski definition) is 2. The molecular formula is C9H17NO. The Morgan fingerprint density at radius 2 is 2.36 bits per heavy atom. The van der Waals surface area contributed by atoms with Gasteiger partial charge in [-0.2, -0.15) is 0 Å². The molecule has 0 aliphatic heterocycles. The van der Waals surface area contributed by atoms with E-state index in [1.54, 1.807) is 0 Å². The molecule has 0 saturated heterocycles. The summed E-state index contributed by atoms with van der Waals surface area (Å²) in [6, 6.07) is 1.02. The minimum atomic E-state index is 0.272. The SMILES string of the molecule is CC(CO)NC1CC[C@H]2C[C@@H]12. The monoisotopic (exact) mass is 155 g/mol. The van der Waals surface area contributed by atoms with E-state index in [1.165, 1.54) is 19.3 Å². The van der Waals surface area contributed by atoms with E-state index in [0.29, 0.717) is 6.04 Å². The van der Waals surface area contributed by atoms with E-state index in [1.807, 2.05) is 0 Å². The third-order valence-corrected chi connectivity index (χ3v) is 3.12. The quantitative estimate of drug-likeness (QED) is 0.630. The van der Waals surface area contributed by atoms with Gasteiger partial charge in [-0.05, 0) is 38.0 Å². The fraction of sp³-hybridized carbons (Fsp3) is 1.00. The number of aliphatic hydroxyl groups is 1. The van der Waals surface area contributed by atoms with Crippen LogP contribution in [0.25, 0.3) is 0 Å². The zero-order valence-electron chi connectivity index (χ0n) is 7.09. The van der Waals surface area contributed by atoms with Crippen molar-refractivity contribution in [3.8, 4) is 0 Å². The van der Waals surface area contributed by atoms with E-state index in [2.05, 4.69) is 12.2 Å². The molecule has 0 heterocycles. The standard InChI is InChI=1S/C9H17NO/c1-6(5-11)10-9-3-2-7-4-8(7)9/h6-11H,2-5H2,1H3/t6?,7-,8+,9?/m0/s1. The van der Waals surface area contributed by atoms with Crippen LogP contribution < -0.4 is 5.32 Å². The molecule has 0 aromatic heterocycles. The van der Waals surface area contributed by atoms with Crippen LogP contribution in [-0.4, -0.2) is 23.8 Å². The molecule has 0 aromatic rings. The van der Waals surface area contributed by atoms with Crippen molar-refractivity contribution in [3.63, 3.8) is 0 Å². The molecule has 0 bridgehead atoms. The molecule has 64 valence electrons. The number of nitrogens with one attached hydrogen (secondary N) is 1. The summed E-state index contributed by atoms with van der Waals surface area (Å²) in [6.07, 6.45) is 4.19. The molecule has 4 atom stereocenters. The number of fused-ring (bicyclic) bond motifs is 1. The maximum atomic E-state index is 8.83. The van der Waals surface area contributed by atoms with Gasteiger partial charge in [0.2, 0.25) is 0 Å². The molecule has 2 heteroatoms. The molecule has 0 aromatic carbocycles. The number of rotatable bonds is 3. The van der Waals surface area contributed by atoms with E-state index in [-0.39, 0.29) is 6.61 Å². The van der Waals surface area contributed by atoms with Gasteiger partial charge >= 0.3 is 0 Å². The van der Waals surface area contributed by atoms with Crippen LogP contribution in [0, 0.1) is 11.8 Å². The highest BCUT2D eigenvalue weighted by molar-refractivity contribution is 5.01. The molecule has 2 saturated carbocycles. The van der Waals surface area contributed by atoms with Crippen LogP contribution in [0.4, 0.5) is 0 Å². The summed E-state index contributed by atoms with van der Waals surface area (Å²) in [7, 11) is 0. The Morgan fingerprint density at radius 3 is 2.82 bits per heavy atom. The highest BCUT2D eigenvalue weighted by Gasteiger charge is 2.47. The van der Waals surface area contributed by atoms with Crippen LogP contribution in [0.1, 0.15) is 26.2 Å². The minimum Gasteiger partial charge on any atom is -0.395 e. The molecule has 0 radical (unpaired) electrons. The lowest BCUT2D eigenvalue weighted by atomic mass is 10.1. The molecule has 0 spiro atoms. The van der Waals surface area contributed by atoms with Crippen molar-refractivity contribution in [3.05, 3.63) is 0 Å². The zero-order chi connectivity index (χ0) is 7.84. The Bertz CT molecular complexity index is 148.